The first-order valence-corrected chi connectivity index (χ1v) is 6.68. The maximum atomic E-state index is 11.5. The monoisotopic (exact) mass is 281 g/mol. The normalized spacial score (nSPS) is 13.6. The van der Waals surface area contributed by atoms with Crippen molar-refractivity contribution in [3.05, 3.63) is 29.8 Å². The molecule has 0 unspecified atom stereocenters. The molecule has 0 radical (unpaired) electrons. The molecule has 0 aromatic heterocycles. The number of ether oxygens (including phenoxy) is 2. The highest BCUT2D eigenvalue weighted by Gasteiger charge is 2.23. The van der Waals surface area contributed by atoms with Crippen molar-refractivity contribution in [1.82, 2.24) is 5.32 Å². The lowest BCUT2D eigenvalue weighted by Gasteiger charge is -2.17. The molecule has 0 amide bonds. The Labute approximate surface area is 119 Å². The lowest BCUT2D eigenvalue weighted by Crippen LogP contribution is -2.30. The van der Waals surface area contributed by atoms with Crippen molar-refractivity contribution in [3.8, 4) is 5.75 Å². The van der Waals surface area contributed by atoms with Crippen LogP contribution in [0.5, 0.6) is 5.75 Å². The number of nitrogens with one attached hydrogen (secondary N) is 1. The Bertz CT molecular complexity index is 403. The van der Waals surface area contributed by atoms with E-state index in [4.69, 9.17) is 4.74 Å². The van der Waals surface area contributed by atoms with E-state index in [1.807, 2.05) is 24.3 Å². The summed E-state index contributed by atoms with van der Waals surface area (Å²) in [6.45, 7) is 2.94. The number of hydrogen-bond acceptors (Lipinski definition) is 5. The number of hydrogen-bond donors (Lipinski definition) is 2. The summed E-state index contributed by atoms with van der Waals surface area (Å²) in [5.74, 6) is -0.0248. The van der Waals surface area contributed by atoms with E-state index in [1.54, 1.807) is 14.0 Å². The van der Waals surface area contributed by atoms with Crippen molar-refractivity contribution in [2.45, 2.75) is 26.0 Å². The zero-order valence-electron chi connectivity index (χ0n) is 12.3. The first kappa shape index (κ1) is 16.5. The summed E-state index contributed by atoms with van der Waals surface area (Å²) in [7, 11) is 2.97. The number of aliphatic hydroxyl groups excluding tert-OH is 1. The fourth-order valence-corrected chi connectivity index (χ4v) is 1.94. The SMILES string of the molecule is COC(=O)[C@H](CCNCc1ccc(OC)cc1)[C@@H](C)O. The first-order valence-electron chi connectivity index (χ1n) is 6.68. The number of methoxy groups -OCH3 is 2. The van der Waals surface area contributed by atoms with Gasteiger partial charge in [-0.3, -0.25) is 4.79 Å². The molecule has 0 bridgehead atoms. The standard InChI is InChI=1S/C15H23NO4/c1-11(17)14(15(18)20-3)8-9-16-10-12-4-6-13(19-2)7-5-12/h4-7,11,14,16-17H,8-10H2,1-3H3/t11-,14-/m1/s1. The highest BCUT2D eigenvalue weighted by atomic mass is 16.5. The van der Waals surface area contributed by atoms with Crippen LogP contribution in [0.1, 0.15) is 18.9 Å². The second kappa shape index (κ2) is 8.55. The molecule has 1 rings (SSSR count). The first-order chi connectivity index (χ1) is 9.58. The number of aliphatic hydroxyl groups is 1. The molecule has 5 nitrogen and oxygen atoms in total. The van der Waals surface area contributed by atoms with Crippen LogP contribution in [0, 0.1) is 5.92 Å². The fourth-order valence-electron chi connectivity index (χ4n) is 1.94. The zero-order chi connectivity index (χ0) is 15.0. The Morgan fingerprint density at radius 3 is 2.45 bits per heavy atom. The molecule has 0 saturated carbocycles. The molecule has 1 aromatic carbocycles. The number of benzene rings is 1. The van der Waals surface area contributed by atoms with Crippen LogP contribution in [0.15, 0.2) is 24.3 Å². The van der Waals surface area contributed by atoms with Crippen LogP contribution in [0.4, 0.5) is 0 Å². The smallest absolute Gasteiger partial charge is 0.311 e. The Morgan fingerprint density at radius 1 is 1.30 bits per heavy atom. The molecule has 0 aliphatic carbocycles. The lowest BCUT2D eigenvalue weighted by molar-refractivity contribution is -0.149. The molecule has 112 valence electrons. The largest absolute Gasteiger partial charge is 0.497 e. The van der Waals surface area contributed by atoms with E-state index in [0.29, 0.717) is 19.5 Å². The third kappa shape index (κ3) is 5.19. The minimum Gasteiger partial charge on any atom is -0.497 e. The molecule has 0 aliphatic heterocycles. The molecule has 0 aliphatic rings. The minimum atomic E-state index is -0.703. The predicted molar refractivity (Wildman–Crippen MR) is 76.5 cm³/mol. The van der Waals surface area contributed by atoms with Crippen molar-refractivity contribution < 1.29 is 19.4 Å². The van der Waals surface area contributed by atoms with Crippen molar-refractivity contribution in [3.63, 3.8) is 0 Å². The second-order valence-corrected chi connectivity index (χ2v) is 4.68. The Hall–Kier alpha value is -1.59. The maximum absolute atomic E-state index is 11.5. The zero-order valence-corrected chi connectivity index (χ0v) is 12.3. The minimum absolute atomic E-state index is 0.369. The van der Waals surface area contributed by atoms with E-state index in [0.717, 1.165) is 11.3 Å². The van der Waals surface area contributed by atoms with Gasteiger partial charge in [0.15, 0.2) is 0 Å². The van der Waals surface area contributed by atoms with Gasteiger partial charge < -0.3 is 19.9 Å². The Balaban J connectivity index is 2.34. The van der Waals surface area contributed by atoms with Crippen LogP contribution >= 0.6 is 0 Å². The molecule has 20 heavy (non-hydrogen) atoms. The molecule has 0 saturated heterocycles. The quantitative estimate of drug-likeness (QED) is 0.556. The van der Waals surface area contributed by atoms with E-state index in [2.05, 4.69) is 10.1 Å². The molecule has 5 heteroatoms. The highest BCUT2D eigenvalue weighted by molar-refractivity contribution is 5.72. The van der Waals surface area contributed by atoms with Gasteiger partial charge in [0.25, 0.3) is 0 Å². The number of carbonyl (C=O) groups is 1. The summed E-state index contributed by atoms with van der Waals surface area (Å²) in [4.78, 5) is 11.5. The number of rotatable bonds is 8. The van der Waals surface area contributed by atoms with E-state index in [9.17, 15) is 9.90 Å². The molecular formula is C15H23NO4. The lowest BCUT2D eigenvalue weighted by atomic mass is 10.00. The molecule has 0 fully saturated rings. The third-order valence-corrected chi connectivity index (χ3v) is 3.21. The average Bonchev–Trinajstić information content (AvgIpc) is 2.46. The number of esters is 1. The number of carbonyl (C=O) groups excluding carboxylic acids is 1. The highest BCUT2D eigenvalue weighted by Crippen LogP contribution is 2.12. The van der Waals surface area contributed by atoms with E-state index >= 15 is 0 Å². The van der Waals surface area contributed by atoms with Crippen molar-refractivity contribution in [1.29, 1.82) is 0 Å². The molecule has 2 atom stereocenters. The van der Waals surface area contributed by atoms with Crippen LogP contribution in [-0.2, 0) is 16.1 Å². The Morgan fingerprint density at radius 2 is 1.95 bits per heavy atom. The van der Waals surface area contributed by atoms with Gasteiger partial charge in [-0.2, -0.15) is 0 Å². The van der Waals surface area contributed by atoms with Gasteiger partial charge >= 0.3 is 5.97 Å². The topological polar surface area (TPSA) is 67.8 Å². The third-order valence-electron chi connectivity index (χ3n) is 3.21. The van der Waals surface area contributed by atoms with Crippen LogP contribution in [0.25, 0.3) is 0 Å². The fraction of sp³-hybridized carbons (Fsp3) is 0.533. The van der Waals surface area contributed by atoms with Gasteiger partial charge in [-0.15, -0.1) is 0 Å². The van der Waals surface area contributed by atoms with E-state index in [-0.39, 0.29) is 5.97 Å². The van der Waals surface area contributed by atoms with Gasteiger partial charge in [-0.1, -0.05) is 12.1 Å². The van der Waals surface area contributed by atoms with Gasteiger partial charge in [0, 0.05) is 6.54 Å². The van der Waals surface area contributed by atoms with E-state index < -0.39 is 12.0 Å². The van der Waals surface area contributed by atoms with Crippen LogP contribution < -0.4 is 10.1 Å². The van der Waals surface area contributed by atoms with Crippen LogP contribution in [0.2, 0.25) is 0 Å². The van der Waals surface area contributed by atoms with E-state index in [1.165, 1.54) is 7.11 Å². The second-order valence-electron chi connectivity index (χ2n) is 4.68. The molecule has 0 spiro atoms. The molecular weight excluding hydrogens is 258 g/mol. The predicted octanol–water partition coefficient (Wildman–Crippen LogP) is 1.34. The van der Waals surface area contributed by atoms with Crippen LogP contribution in [0.3, 0.4) is 0 Å². The van der Waals surface area contributed by atoms with Gasteiger partial charge in [0.05, 0.1) is 26.2 Å². The summed E-state index contributed by atoms with van der Waals surface area (Å²) in [6, 6.07) is 7.78. The van der Waals surface area contributed by atoms with Crippen molar-refractivity contribution in [2.24, 2.45) is 5.92 Å². The summed E-state index contributed by atoms with van der Waals surface area (Å²) < 4.78 is 9.77. The van der Waals surface area contributed by atoms with Crippen molar-refractivity contribution >= 4 is 5.97 Å². The van der Waals surface area contributed by atoms with Crippen LogP contribution in [-0.4, -0.2) is 37.9 Å². The summed E-state index contributed by atoms with van der Waals surface area (Å²) >= 11 is 0. The summed E-state index contributed by atoms with van der Waals surface area (Å²) in [6.07, 6.45) is -0.161. The summed E-state index contributed by atoms with van der Waals surface area (Å²) in [5, 5.41) is 12.8. The van der Waals surface area contributed by atoms with Gasteiger partial charge in [-0.25, -0.2) is 0 Å². The van der Waals surface area contributed by atoms with Gasteiger partial charge in [0.2, 0.25) is 0 Å². The average molecular weight is 281 g/mol. The Kier molecular flexibility index (Phi) is 7.04. The summed E-state index contributed by atoms with van der Waals surface area (Å²) in [5.41, 5.74) is 1.14. The molecule has 2 N–H and O–H groups in total. The molecule has 1 aromatic rings. The van der Waals surface area contributed by atoms with Gasteiger partial charge in [0.1, 0.15) is 5.75 Å². The van der Waals surface area contributed by atoms with Gasteiger partial charge in [-0.05, 0) is 37.6 Å². The van der Waals surface area contributed by atoms with Crippen molar-refractivity contribution in [2.75, 3.05) is 20.8 Å². The molecule has 0 heterocycles. The maximum Gasteiger partial charge on any atom is 0.311 e.